The quantitative estimate of drug-likeness (QED) is 0.519. The molecule has 2 aromatic rings. The lowest BCUT2D eigenvalue weighted by atomic mass is 10.2. The maximum atomic E-state index is 11.1. The van der Waals surface area contributed by atoms with Crippen LogP contribution in [0.4, 0.5) is 5.69 Å². The molecule has 1 aliphatic heterocycles. The monoisotopic (exact) mass is 321 g/mol. The van der Waals surface area contributed by atoms with Gasteiger partial charge < -0.3 is 14.5 Å². The first-order valence-corrected chi connectivity index (χ1v) is 7.55. The van der Waals surface area contributed by atoms with Gasteiger partial charge in [-0.15, -0.1) is 0 Å². The number of hydrogen-bond acceptors (Lipinski definition) is 6. The number of aromatic nitrogens is 1. The van der Waals surface area contributed by atoms with Gasteiger partial charge in [-0.05, 0) is 6.07 Å². The smallest absolute Gasteiger partial charge is 0.293 e. The van der Waals surface area contributed by atoms with E-state index in [0.717, 1.165) is 16.1 Å². The van der Waals surface area contributed by atoms with E-state index in [2.05, 4.69) is 9.98 Å². The summed E-state index contributed by atoms with van der Waals surface area (Å²) in [5.41, 5.74) is 1.36. The number of H-pyrrole nitrogens is 1. The Hall–Kier alpha value is -1.90. The number of nitro groups is 1. The predicted octanol–water partition coefficient (Wildman–Crippen LogP) is 2.56. The summed E-state index contributed by atoms with van der Waals surface area (Å²) in [6.07, 6.45) is -0.329. The Morgan fingerprint density at radius 3 is 2.91 bits per heavy atom. The van der Waals surface area contributed by atoms with E-state index in [9.17, 15) is 10.1 Å². The molecule has 22 heavy (non-hydrogen) atoms. The molecule has 1 aliphatic rings. The fraction of sp³-hybridized carbons (Fsp3) is 0.357. The first-order chi connectivity index (χ1) is 10.6. The molecule has 0 amide bonds. The molecule has 0 spiro atoms. The molecule has 3 rings (SSSR count). The molecule has 7 nitrogen and oxygen atoms in total. The Kier molecular flexibility index (Phi) is 4.14. The first-order valence-electron chi connectivity index (χ1n) is 6.67. The number of aromatic amines is 1. The number of thioether (sulfide) groups is 1. The lowest BCUT2D eigenvalue weighted by Gasteiger charge is -2.18. The van der Waals surface area contributed by atoms with Gasteiger partial charge in [0.1, 0.15) is 10.6 Å². The van der Waals surface area contributed by atoms with Gasteiger partial charge >= 0.3 is 0 Å². The summed E-state index contributed by atoms with van der Waals surface area (Å²) < 4.78 is 10.5. The van der Waals surface area contributed by atoms with Crippen molar-refractivity contribution in [3.63, 3.8) is 0 Å². The van der Waals surface area contributed by atoms with E-state index >= 15 is 0 Å². The summed E-state index contributed by atoms with van der Waals surface area (Å²) in [4.78, 5) is 18.3. The molecular formula is C14H15N3O4S. The second-order valence-corrected chi connectivity index (χ2v) is 6.05. The second kappa shape index (κ2) is 6.07. The topological polar surface area (TPSA) is 89.8 Å². The van der Waals surface area contributed by atoms with Crippen molar-refractivity contribution in [1.82, 2.24) is 4.98 Å². The van der Waals surface area contributed by atoms with Crippen LogP contribution in [-0.2, 0) is 9.47 Å². The van der Waals surface area contributed by atoms with Gasteiger partial charge in [-0.3, -0.25) is 15.1 Å². The molecule has 2 heterocycles. The van der Waals surface area contributed by atoms with Crippen LogP contribution in [-0.4, -0.2) is 47.3 Å². The number of ether oxygens (including phenoxy) is 2. The van der Waals surface area contributed by atoms with Crippen LogP contribution in [0.5, 0.6) is 0 Å². The molecule has 0 aliphatic carbocycles. The molecule has 8 heteroatoms. The highest BCUT2D eigenvalue weighted by molar-refractivity contribution is 8.15. The highest BCUT2D eigenvalue weighted by Crippen LogP contribution is 2.32. The van der Waals surface area contributed by atoms with Gasteiger partial charge in [0.2, 0.25) is 0 Å². The lowest BCUT2D eigenvalue weighted by Crippen LogP contribution is -2.28. The Bertz CT molecular complexity index is 739. The van der Waals surface area contributed by atoms with Crippen molar-refractivity contribution < 1.29 is 14.4 Å². The number of non-ortho nitro benzene ring substituents is 1. The van der Waals surface area contributed by atoms with E-state index in [1.165, 1.54) is 6.07 Å². The number of rotatable bonds is 5. The number of aliphatic imine (C=N–C) groups is 1. The Morgan fingerprint density at radius 2 is 2.23 bits per heavy atom. The van der Waals surface area contributed by atoms with Crippen molar-refractivity contribution in [1.29, 1.82) is 0 Å². The molecule has 1 aromatic heterocycles. The summed E-state index contributed by atoms with van der Waals surface area (Å²) in [7, 11) is 3.19. The van der Waals surface area contributed by atoms with Crippen LogP contribution in [0.3, 0.4) is 0 Å². The Balaban J connectivity index is 1.89. The van der Waals surface area contributed by atoms with Crippen LogP contribution in [0.1, 0.15) is 5.69 Å². The normalized spacial score (nSPS) is 18.1. The summed E-state index contributed by atoms with van der Waals surface area (Å²) in [6, 6.07) is 6.88. The minimum Gasteiger partial charge on any atom is -0.355 e. The summed E-state index contributed by atoms with van der Waals surface area (Å²) in [5.74, 6) is 0. The average molecular weight is 321 g/mol. The van der Waals surface area contributed by atoms with E-state index in [0.29, 0.717) is 12.1 Å². The first kappa shape index (κ1) is 15.0. The summed E-state index contributed by atoms with van der Waals surface area (Å²) >= 11 is 1.55. The van der Waals surface area contributed by atoms with Crippen molar-refractivity contribution in [2.75, 3.05) is 20.8 Å². The van der Waals surface area contributed by atoms with E-state index in [1.807, 2.05) is 12.1 Å². The van der Waals surface area contributed by atoms with Crippen molar-refractivity contribution in [2.24, 2.45) is 4.99 Å². The molecule has 1 unspecified atom stereocenters. The van der Waals surface area contributed by atoms with Gasteiger partial charge in [0, 0.05) is 25.7 Å². The van der Waals surface area contributed by atoms with Crippen molar-refractivity contribution in [2.45, 2.75) is 11.5 Å². The molecule has 116 valence electrons. The van der Waals surface area contributed by atoms with E-state index in [1.54, 1.807) is 32.0 Å². The van der Waals surface area contributed by atoms with Gasteiger partial charge in [0.15, 0.2) is 6.29 Å². The number of fused-ring (bicyclic) bond motifs is 1. The Labute approximate surface area is 130 Å². The molecule has 0 radical (unpaired) electrons. The SMILES string of the molecule is COC(OC)C1CN=C(c2cc3cccc([N+](=O)[O-])c3[nH]2)S1. The average Bonchev–Trinajstić information content (AvgIpc) is 3.14. The third kappa shape index (κ3) is 2.60. The third-order valence-electron chi connectivity index (χ3n) is 3.51. The van der Waals surface area contributed by atoms with Gasteiger partial charge in [0.25, 0.3) is 5.69 Å². The number of nitrogens with one attached hydrogen (secondary N) is 1. The second-order valence-electron chi connectivity index (χ2n) is 4.82. The van der Waals surface area contributed by atoms with Gasteiger partial charge in [0.05, 0.1) is 22.4 Å². The van der Waals surface area contributed by atoms with Gasteiger partial charge in [-0.25, -0.2) is 0 Å². The van der Waals surface area contributed by atoms with E-state index in [-0.39, 0.29) is 22.2 Å². The predicted molar refractivity (Wildman–Crippen MR) is 85.5 cm³/mol. The molecule has 1 aromatic carbocycles. The molecule has 0 saturated heterocycles. The number of nitrogens with zero attached hydrogens (tertiary/aromatic N) is 2. The molecule has 0 bridgehead atoms. The Morgan fingerprint density at radius 1 is 1.45 bits per heavy atom. The van der Waals surface area contributed by atoms with Crippen molar-refractivity contribution in [3.8, 4) is 0 Å². The number of benzene rings is 1. The molecule has 1 atom stereocenters. The van der Waals surface area contributed by atoms with Crippen molar-refractivity contribution in [3.05, 3.63) is 40.1 Å². The fourth-order valence-electron chi connectivity index (χ4n) is 2.49. The minimum atomic E-state index is -0.388. The fourth-order valence-corrected chi connectivity index (χ4v) is 3.64. The zero-order valence-electron chi connectivity index (χ0n) is 12.1. The molecular weight excluding hydrogens is 306 g/mol. The van der Waals surface area contributed by atoms with Crippen LogP contribution in [0.2, 0.25) is 0 Å². The highest BCUT2D eigenvalue weighted by Gasteiger charge is 2.29. The van der Waals surface area contributed by atoms with Crippen LogP contribution >= 0.6 is 11.8 Å². The maximum absolute atomic E-state index is 11.1. The molecule has 0 fully saturated rings. The maximum Gasteiger partial charge on any atom is 0.293 e. The van der Waals surface area contributed by atoms with Crippen molar-refractivity contribution >= 4 is 33.4 Å². The van der Waals surface area contributed by atoms with Crippen LogP contribution in [0.25, 0.3) is 10.9 Å². The highest BCUT2D eigenvalue weighted by atomic mass is 32.2. The zero-order valence-corrected chi connectivity index (χ0v) is 12.9. The largest absolute Gasteiger partial charge is 0.355 e. The minimum absolute atomic E-state index is 0.0653. The van der Waals surface area contributed by atoms with Crippen LogP contribution in [0, 0.1) is 10.1 Å². The molecule has 0 saturated carbocycles. The van der Waals surface area contributed by atoms with Gasteiger partial charge in [-0.1, -0.05) is 23.9 Å². The van der Waals surface area contributed by atoms with Crippen LogP contribution < -0.4 is 0 Å². The number of methoxy groups -OCH3 is 2. The number of nitro benzene ring substituents is 1. The zero-order chi connectivity index (χ0) is 15.7. The van der Waals surface area contributed by atoms with E-state index in [4.69, 9.17) is 9.47 Å². The van der Waals surface area contributed by atoms with Gasteiger partial charge in [-0.2, -0.15) is 0 Å². The molecule has 1 N–H and O–H groups in total. The number of hydrogen-bond donors (Lipinski definition) is 1. The standard InChI is InChI=1S/C14H15N3O4S/c1-20-14(21-2)11-7-15-13(22-11)9-6-8-4-3-5-10(17(18)19)12(8)16-9/h3-6,11,14,16H,7H2,1-2H3. The summed E-state index contributed by atoms with van der Waals surface area (Å²) in [6.45, 7) is 0.587. The summed E-state index contributed by atoms with van der Waals surface area (Å²) in [5, 5.41) is 12.8. The third-order valence-corrected chi connectivity index (χ3v) is 4.75. The van der Waals surface area contributed by atoms with Crippen LogP contribution in [0.15, 0.2) is 29.3 Å². The lowest BCUT2D eigenvalue weighted by molar-refractivity contribution is -0.383. The number of para-hydroxylation sites is 1. The van der Waals surface area contributed by atoms with E-state index < -0.39 is 0 Å².